The number of carbonyl (C=O) groups is 2. The summed E-state index contributed by atoms with van der Waals surface area (Å²) in [4.78, 5) is 30.7. The summed E-state index contributed by atoms with van der Waals surface area (Å²) in [6.07, 6.45) is -0.201. The first-order chi connectivity index (χ1) is 20.3. The number of anilines is 2. The van der Waals surface area contributed by atoms with Crippen molar-refractivity contribution in [2.24, 2.45) is 5.92 Å². The summed E-state index contributed by atoms with van der Waals surface area (Å²) in [5, 5.41) is 17.7. The number of ether oxygens (including phenoxy) is 1. The Morgan fingerprint density at radius 1 is 1.02 bits per heavy atom. The fraction of sp³-hybridized carbons (Fsp3) is 0.294. The zero-order valence-corrected chi connectivity index (χ0v) is 24.3. The number of nitrogens with one attached hydrogen (secondary N) is 2. The zero-order chi connectivity index (χ0) is 29.6. The van der Waals surface area contributed by atoms with Gasteiger partial charge < -0.3 is 25.4 Å². The largest absolute Gasteiger partial charge is 0.488 e. The lowest BCUT2D eigenvalue weighted by Gasteiger charge is -2.38. The van der Waals surface area contributed by atoms with E-state index >= 15 is 0 Å². The van der Waals surface area contributed by atoms with Crippen molar-refractivity contribution in [3.8, 4) is 5.75 Å². The summed E-state index contributed by atoms with van der Waals surface area (Å²) < 4.78 is 6.51. The van der Waals surface area contributed by atoms with Crippen LogP contribution in [0.1, 0.15) is 29.8 Å². The lowest BCUT2D eigenvalue weighted by molar-refractivity contribution is 0.0341. The van der Waals surface area contributed by atoms with Gasteiger partial charge in [-0.3, -0.25) is 9.69 Å². The van der Waals surface area contributed by atoms with Crippen LogP contribution in [0.2, 0.25) is 0 Å². The van der Waals surface area contributed by atoms with Gasteiger partial charge in [0.1, 0.15) is 11.9 Å². The number of rotatable bonds is 8. The van der Waals surface area contributed by atoms with Crippen LogP contribution in [0.4, 0.5) is 16.2 Å². The van der Waals surface area contributed by atoms with Gasteiger partial charge >= 0.3 is 6.03 Å². The van der Waals surface area contributed by atoms with Gasteiger partial charge in [0.05, 0.1) is 23.9 Å². The molecule has 0 unspecified atom stereocenters. The van der Waals surface area contributed by atoms with Crippen LogP contribution >= 0.6 is 0 Å². The molecule has 5 rings (SSSR count). The molecule has 0 bridgehead atoms. The maximum absolute atomic E-state index is 13.8. The molecule has 0 saturated carbocycles. The first-order valence-electron chi connectivity index (χ1n) is 14.3. The Labute approximate surface area is 246 Å². The number of likely N-dealkylation sites (N-methyl/N-ethyl adjacent to an activating group) is 1. The predicted molar refractivity (Wildman–Crippen MR) is 167 cm³/mol. The van der Waals surface area contributed by atoms with E-state index in [1.807, 2.05) is 67.6 Å². The molecule has 0 fully saturated rings. The number of carbonyl (C=O) groups excluding carboxylic acids is 2. The Kier molecular flexibility index (Phi) is 9.05. The highest BCUT2D eigenvalue weighted by Gasteiger charge is 2.33. The van der Waals surface area contributed by atoms with Gasteiger partial charge in [0.25, 0.3) is 5.91 Å². The molecule has 0 aromatic heterocycles. The van der Waals surface area contributed by atoms with Gasteiger partial charge in [-0.15, -0.1) is 0 Å². The first kappa shape index (κ1) is 29.1. The van der Waals surface area contributed by atoms with Crippen molar-refractivity contribution in [3.05, 3.63) is 102 Å². The van der Waals surface area contributed by atoms with Gasteiger partial charge in [0.15, 0.2) is 0 Å². The summed E-state index contributed by atoms with van der Waals surface area (Å²) in [5.74, 6) is 0.228. The SMILES string of the molecule is C[C@@H]1CN([C@@H](C)CO)C(=O)c2cc(NC(=O)Nc3cccc4ccccc34)ccc2O[C@H]1CN(C)Cc1ccccc1. The normalized spacial score (nSPS) is 17.6. The number of hydrogen-bond donors (Lipinski definition) is 3. The number of hydrogen-bond acceptors (Lipinski definition) is 5. The molecular weight excluding hydrogens is 528 g/mol. The topological polar surface area (TPSA) is 94.1 Å². The van der Waals surface area contributed by atoms with Crippen LogP contribution in [-0.2, 0) is 6.54 Å². The lowest BCUT2D eigenvalue weighted by Crippen LogP contribution is -2.49. The maximum Gasteiger partial charge on any atom is 0.323 e. The molecule has 218 valence electrons. The van der Waals surface area contributed by atoms with Gasteiger partial charge in [-0.1, -0.05) is 73.7 Å². The third-order valence-corrected chi connectivity index (χ3v) is 7.75. The molecule has 8 nitrogen and oxygen atoms in total. The van der Waals surface area contributed by atoms with Crippen LogP contribution in [0.5, 0.6) is 5.75 Å². The van der Waals surface area contributed by atoms with Crippen molar-refractivity contribution >= 4 is 34.1 Å². The second kappa shape index (κ2) is 13.1. The number of urea groups is 1. The van der Waals surface area contributed by atoms with Gasteiger partial charge in [-0.2, -0.15) is 0 Å². The van der Waals surface area contributed by atoms with Crippen molar-refractivity contribution in [1.29, 1.82) is 0 Å². The average Bonchev–Trinajstić information content (AvgIpc) is 2.99. The number of fused-ring (bicyclic) bond motifs is 2. The standard InChI is InChI=1S/C34H38N4O4/c1-23-19-38(24(2)22-39)33(40)29-18-27(35-34(41)36-30-15-9-13-26-12-7-8-14-28(26)30)16-17-31(29)42-32(23)21-37(3)20-25-10-5-4-6-11-25/h4-18,23-24,32,39H,19-22H2,1-3H3,(H2,35,36,41)/t23-,24+,32+/m1/s1. The predicted octanol–water partition coefficient (Wildman–Crippen LogP) is 5.84. The van der Waals surface area contributed by atoms with Crippen molar-refractivity contribution in [1.82, 2.24) is 9.80 Å². The summed E-state index contributed by atoms with van der Waals surface area (Å²) in [7, 11) is 2.06. The lowest BCUT2D eigenvalue weighted by atomic mass is 9.99. The number of amides is 3. The molecule has 3 N–H and O–H groups in total. The first-order valence-corrected chi connectivity index (χ1v) is 14.3. The highest BCUT2D eigenvalue weighted by Crippen LogP contribution is 2.31. The van der Waals surface area contributed by atoms with E-state index in [4.69, 9.17) is 4.74 Å². The molecule has 0 radical (unpaired) electrons. The Morgan fingerprint density at radius 3 is 2.55 bits per heavy atom. The second-order valence-electron chi connectivity index (χ2n) is 11.1. The Balaban J connectivity index is 1.37. The molecule has 1 aliphatic heterocycles. The molecule has 4 aromatic rings. The Bertz CT molecular complexity index is 1540. The molecule has 42 heavy (non-hydrogen) atoms. The molecule has 0 aliphatic carbocycles. The quantitative estimate of drug-likeness (QED) is 0.249. The smallest absolute Gasteiger partial charge is 0.323 e. The summed E-state index contributed by atoms with van der Waals surface area (Å²) in [6.45, 7) is 5.61. The maximum atomic E-state index is 13.8. The third-order valence-electron chi connectivity index (χ3n) is 7.75. The minimum absolute atomic E-state index is 0.0126. The van der Waals surface area contributed by atoms with Gasteiger partial charge in [0, 0.05) is 36.6 Å². The number of aliphatic hydroxyl groups is 1. The summed E-state index contributed by atoms with van der Waals surface area (Å²) in [5.41, 5.74) is 2.71. The van der Waals surface area contributed by atoms with Gasteiger partial charge in [-0.05, 0) is 49.2 Å². The highest BCUT2D eigenvalue weighted by atomic mass is 16.5. The van der Waals surface area contributed by atoms with Crippen LogP contribution < -0.4 is 15.4 Å². The molecule has 8 heteroatoms. The van der Waals surface area contributed by atoms with Crippen LogP contribution in [0.25, 0.3) is 10.8 Å². The second-order valence-corrected chi connectivity index (χ2v) is 11.1. The van der Waals surface area contributed by atoms with E-state index in [2.05, 4.69) is 41.6 Å². The van der Waals surface area contributed by atoms with E-state index in [1.54, 1.807) is 23.1 Å². The molecule has 0 spiro atoms. The molecule has 3 amide bonds. The van der Waals surface area contributed by atoms with Crippen molar-refractivity contribution in [2.75, 3.05) is 37.4 Å². The van der Waals surface area contributed by atoms with Crippen molar-refractivity contribution in [3.63, 3.8) is 0 Å². The average molecular weight is 567 g/mol. The zero-order valence-electron chi connectivity index (χ0n) is 24.3. The van der Waals surface area contributed by atoms with E-state index in [0.29, 0.717) is 35.8 Å². The number of aliphatic hydroxyl groups excluding tert-OH is 1. The Morgan fingerprint density at radius 2 is 1.76 bits per heavy atom. The minimum Gasteiger partial charge on any atom is -0.488 e. The van der Waals surface area contributed by atoms with Crippen LogP contribution in [0, 0.1) is 5.92 Å². The number of benzene rings is 4. The molecule has 0 saturated heterocycles. The highest BCUT2D eigenvalue weighted by molar-refractivity contribution is 6.07. The van der Waals surface area contributed by atoms with Crippen LogP contribution in [0.15, 0.2) is 91.0 Å². The molecule has 1 aliphatic rings. The fourth-order valence-electron chi connectivity index (χ4n) is 5.40. The van der Waals surface area contributed by atoms with Crippen molar-refractivity contribution in [2.45, 2.75) is 32.5 Å². The molecule has 1 heterocycles. The Hall–Kier alpha value is -4.40. The third kappa shape index (κ3) is 6.73. The summed E-state index contributed by atoms with van der Waals surface area (Å²) >= 11 is 0. The van der Waals surface area contributed by atoms with Crippen LogP contribution in [-0.4, -0.2) is 65.7 Å². The molecule has 4 aromatic carbocycles. The van der Waals surface area contributed by atoms with Gasteiger partial charge in [0.2, 0.25) is 0 Å². The van der Waals surface area contributed by atoms with Crippen molar-refractivity contribution < 1.29 is 19.4 Å². The van der Waals surface area contributed by atoms with Gasteiger partial charge in [-0.25, -0.2) is 4.79 Å². The van der Waals surface area contributed by atoms with Crippen LogP contribution in [0.3, 0.4) is 0 Å². The van der Waals surface area contributed by atoms with E-state index in [1.165, 1.54) is 5.56 Å². The van der Waals surface area contributed by atoms with E-state index in [9.17, 15) is 14.7 Å². The molecule has 3 atom stereocenters. The fourth-order valence-corrected chi connectivity index (χ4v) is 5.40. The number of nitrogens with zero attached hydrogens (tertiary/aromatic N) is 2. The van der Waals surface area contributed by atoms with E-state index in [0.717, 1.165) is 17.3 Å². The van der Waals surface area contributed by atoms with E-state index in [-0.39, 0.29) is 30.6 Å². The minimum atomic E-state index is -0.417. The summed E-state index contributed by atoms with van der Waals surface area (Å²) in [6, 6.07) is 28.2. The monoisotopic (exact) mass is 566 g/mol. The van der Waals surface area contributed by atoms with E-state index < -0.39 is 6.03 Å². The molecular formula is C34H38N4O4.